The van der Waals surface area contributed by atoms with E-state index in [1.165, 1.54) is 6.07 Å². The summed E-state index contributed by atoms with van der Waals surface area (Å²) in [5.74, 6) is -0.624. The molecule has 0 saturated carbocycles. The summed E-state index contributed by atoms with van der Waals surface area (Å²) in [6.07, 6.45) is -2.75. The van der Waals surface area contributed by atoms with E-state index < -0.39 is 28.7 Å². The number of Topliss-reactive ketones (excluding diaryl/α,β-unsaturated/α-hetero) is 1. The molecule has 1 N–H and O–H groups in total. The predicted octanol–water partition coefficient (Wildman–Crippen LogP) is 6.89. The van der Waals surface area contributed by atoms with Crippen molar-refractivity contribution < 1.29 is 37.1 Å². The fraction of sp³-hybridized carbons (Fsp3) is 0.455. The van der Waals surface area contributed by atoms with Crippen LogP contribution in [0.25, 0.3) is 0 Å². The van der Waals surface area contributed by atoms with Crippen molar-refractivity contribution in [1.82, 2.24) is 15.1 Å². The van der Waals surface area contributed by atoms with Crippen molar-refractivity contribution in [1.29, 1.82) is 5.26 Å². The highest BCUT2D eigenvalue weighted by molar-refractivity contribution is 7.81. The number of hydrogen-bond acceptors (Lipinski definition) is 9. The Balaban J connectivity index is 1.04. The highest BCUT2D eigenvalue weighted by atomic mass is 35.5. The normalized spacial score (nSPS) is 21.3. The molecule has 0 spiro atoms. The molecule has 3 aliphatic heterocycles. The Morgan fingerprint density at radius 2 is 1.68 bits per heavy atom. The maximum absolute atomic E-state index is 13.8. The summed E-state index contributed by atoms with van der Waals surface area (Å²) in [4.78, 5) is 58.2. The fourth-order valence-corrected chi connectivity index (χ4v) is 9.12. The van der Waals surface area contributed by atoms with Crippen LogP contribution in [0.3, 0.4) is 0 Å². The Labute approximate surface area is 358 Å². The number of halogens is 4. The molecular weight excluding hydrogens is 817 g/mol. The fourth-order valence-electron chi connectivity index (χ4n) is 8.32. The van der Waals surface area contributed by atoms with Crippen LogP contribution in [0.5, 0.6) is 5.75 Å². The van der Waals surface area contributed by atoms with Gasteiger partial charge in [0.1, 0.15) is 17.9 Å². The van der Waals surface area contributed by atoms with Gasteiger partial charge in [-0.05, 0) is 124 Å². The second-order valence-corrected chi connectivity index (χ2v) is 17.1. The second kappa shape index (κ2) is 18.0. The molecule has 0 aliphatic carbocycles. The van der Waals surface area contributed by atoms with Crippen molar-refractivity contribution in [2.24, 2.45) is 5.92 Å². The first-order valence-electron chi connectivity index (χ1n) is 20.0. The molecule has 3 heterocycles. The van der Waals surface area contributed by atoms with E-state index in [-0.39, 0.29) is 52.8 Å². The van der Waals surface area contributed by atoms with E-state index in [2.05, 4.69) is 29.0 Å². The van der Waals surface area contributed by atoms with Crippen LogP contribution in [0.15, 0.2) is 54.6 Å². The lowest BCUT2D eigenvalue weighted by molar-refractivity contribution is -0.138. The number of ketones is 1. The van der Waals surface area contributed by atoms with E-state index in [1.54, 1.807) is 43.0 Å². The number of alkyl halides is 3. The van der Waals surface area contributed by atoms with Crippen molar-refractivity contribution >= 4 is 63.8 Å². The first-order chi connectivity index (χ1) is 28.3. The topological polar surface area (TPSA) is 126 Å². The van der Waals surface area contributed by atoms with Crippen LogP contribution >= 0.6 is 23.8 Å². The van der Waals surface area contributed by atoms with Gasteiger partial charge in [0, 0.05) is 61.2 Å². The number of amides is 3. The molecule has 6 rings (SSSR count). The zero-order valence-corrected chi connectivity index (χ0v) is 35.8. The number of imide groups is 1. The Bertz CT molecular complexity index is 2250. The van der Waals surface area contributed by atoms with Gasteiger partial charge in [-0.2, -0.15) is 18.4 Å². The molecule has 16 heteroatoms. The number of piperidine rings is 1. The first kappa shape index (κ1) is 44.7. The van der Waals surface area contributed by atoms with Crippen molar-refractivity contribution in [2.45, 2.75) is 90.5 Å². The number of nitrogens with zero attached hydrogens (tertiary/aromatic N) is 5. The number of carbonyl (C=O) groups excluding carboxylic acids is 4. The lowest BCUT2D eigenvalue weighted by Crippen LogP contribution is -2.58. The van der Waals surface area contributed by atoms with Crippen LogP contribution in [0.2, 0.25) is 5.02 Å². The van der Waals surface area contributed by atoms with Crippen molar-refractivity contribution in [3.8, 4) is 11.8 Å². The number of hydrogen-bond donors (Lipinski definition) is 1. The number of thiocarbonyl (C=S) groups is 1. The van der Waals surface area contributed by atoms with Crippen LogP contribution in [0, 0.1) is 17.2 Å². The van der Waals surface area contributed by atoms with Crippen LogP contribution in [-0.2, 0) is 44.6 Å². The minimum atomic E-state index is -4.80. The van der Waals surface area contributed by atoms with Gasteiger partial charge < -0.3 is 9.64 Å². The average Bonchev–Trinajstić information content (AvgIpc) is 3.35. The lowest BCUT2D eigenvalue weighted by Gasteiger charge is -2.43. The van der Waals surface area contributed by atoms with Gasteiger partial charge in [-0.1, -0.05) is 24.6 Å². The van der Waals surface area contributed by atoms with E-state index in [1.807, 2.05) is 25.1 Å². The number of ether oxygens (including phenoxy) is 1. The number of nitriles is 1. The lowest BCUT2D eigenvalue weighted by atomic mass is 9.90. The minimum Gasteiger partial charge on any atom is -0.492 e. The summed E-state index contributed by atoms with van der Waals surface area (Å²) in [5, 5.41) is 12.2. The SMILES string of the molecule is CCc1cc(N2C(=S)N(c3ccc(C#N)c(C(F)(F)F)c3)C(=O)C2(C)C)ccc1OCCN1C[C@@H](C)N(CC(=O)Cc2cc(Cl)cc(CC3CCC(=O)NC3=O)c2)C[C@@H]1C. The van der Waals surface area contributed by atoms with Gasteiger partial charge in [0.05, 0.1) is 29.4 Å². The quantitative estimate of drug-likeness (QED) is 0.144. The van der Waals surface area contributed by atoms with Gasteiger partial charge in [0.25, 0.3) is 5.91 Å². The molecule has 0 aromatic heterocycles. The smallest absolute Gasteiger partial charge is 0.417 e. The molecule has 11 nitrogen and oxygen atoms in total. The molecule has 3 aromatic carbocycles. The van der Waals surface area contributed by atoms with E-state index in [4.69, 9.17) is 28.6 Å². The van der Waals surface area contributed by atoms with Gasteiger partial charge in [0.2, 0.25) is 11.8 Å². The van der Waals surface area contributed by atoms with E-state index >= 15 is 0 Å². The maximum atomic E-state index is 13.8. The Morgan fingerprint density at radius 3 is 2.37 bits per heavy atom. The summed E-state index contributed by atoms with van der Waals surface area (Å²) >= 11 is 12.1. The molecule has 1 unspecified atom stereocenters. The largest absolute Gasteiger partial charge is 0.492 e. The zero-order valence-electron chi connectivity index (χ0n) is 34.2. The third kappa shape index (κ3) is 9.68. The van der Waals surface area contributed by atoms with Crippen molar-refractivity contribution in [3.63, 3.8) is 0 Å². The summed E-state index contributed by atoms with van der Waals surface area (Å²) in [6, 6.07) is 15.9. The van der Waals surface area contributed by atoms with E-state index in [0.717, 1.165) is 40.3 Å². The van der Waals surface area contributed by atoms with Crippen molar-refractivity contribution in [3.05, 3.63) is 87.4 Å². The maximum Gasteiger partial charge on any atom is 0.417 e. The van der Waals surface area contributed by atoms with Gasteiger partial charge in [-0.15, -0.1) is 0 Å². The third-order valence-electron chi connectivity index (χ3n) is 11.6. The third-order valence-corrected chi connectivity index (χ3v) is 12.1. The van der Waals surface area contributed by atoms with Crippen LogP contribution < -0.4 is 19.9 Å². The number of aryl methyl sites for hydroxylation is 1. The number of carbonyl (C=O) groups is 4. The van der Waals surface area contributed by atoms with Crippen LogP contribution in [-0.4, -0.2) is 88.8 Å². The first-order valence-corrected chi connectivity index (χ1v) is 20.8. The molecule has 60 heavy (non-hydrogen) atoms. The molecule has 3 aliphatic rings. The number of nitrogens with one attached hydrogen (secondary N) is 1. The van der Waals surface area contributed by atoms with Gasteiger partial charge in [-0.3, -0.25) is 39.2 Å². The average molecular weight is 865 g/mol. The standard InChI is InChI=1S/C44H48ClF3N6O5S/c1-6-30-20-35(54-42(60)53(41(58)43(54,4)5)34-9-7-32(22-49)37(21-34)44(46,47)48)10-11-38(30)59-14-13-51-23-27(3)52(24-26(51)2)25-36(55)19-29-15-28(17-33(45)18-29)16-31-8-12-39(56)50-40(31)57/h7,9-11,15,17-18,20-21,26-27,31H,6,8,12-14,16,19,23-25H2,1-5H3,(H,50,56,57)/t26-,27+,31?/m0/s1. The molecule has 3 amide bonds. The molecule has 0 radical (unpaired) electrons. The van der Waals surface area contributed by atoms with Crippen LogP contribution in [0.4, 0.5) is 24.5 Å². The number of piperazine rings is 1. The van der Waals surface area contributed by atoms with Crippen molar-refractivity contribution in [2.75, 3.05) is 42.6 Å². The zero-order chi connectivity index (χ0) is 43.7. The number of anilines is 2. The van der Waals surface area contributed by atoms with Gasteiger partial charge in [-0.25, -0.2) is 0 Å². The van der Waals surface area contributed by atoms with Gasteiger partial charge >= 0.3 is 6.18 Å². The summed E-state index contributed by atoms with van der Waals surface area (Å²) < 4.78 is 47.7. The summed E-state index contributed by atoms with van der Waals surface area (Å²) in [5.41, 5.74) is 0.109. The molecule has 318 valence electrons. The van der Waals surface area contributed by atoms with E-state index in [0.29, 0.717) is 68.4 Å². The molecular formula is C44H48ClF3N6O5S. The Morgan fingerprint density at radius 1 is 1.00 bits per heavy atom. The highest BCUT2D eigenvalue weighted by Crippen LogP contribution is 2.40. The minimum absolute atomic E-state index is 0.0168. The second-order valence-electron chi connectivity index (χ2n) is 16.3. The Hall–Kier alpha value is -4.88. The van der Waals surface area contributed by atoms with Crippen LogP contribution in [0.1, 0.15) is 75.3 Å². The number of rotatable bonds is 13. The molecule has 3 saturated heterocycles. The summed E-state index contributed by atoms with van der Waals surface area (Å²) in [6.45, 7) is 12.3. The molecule has 3 fully saturated rings. The number of benzene rings is 3. The summed E-state index contributed by atoms with van der Waals surface area (Å²) in [7, 11) is 0. The monoisotopic (exact) mass is 864 g/mol. The van der Waals surface area contributed by atoms with E-state index in [9.17, 15) is 37.6 Å². The predicted molar refractivity (Wildman–Crippen MR) is 226 cm³/mol. The molecule has 0 bridgehead atoms. The van der Waals surface area contributed by atoms with Gasteiger partial charge in [0.15, 0.2) is 10.9 Å². The molecule has 3 atom stereocenters. The molecule has 3 aromatic rings. The highest BCUT2D eigenvalue weighted by Gasteiger charge is 2.51. The Kier molecular flexibility index (Phi) is 13.4.